The summed E-state index contributed by atoms with van der Waals surface area (Å²) in [6.45, 7) is 5.12. The molecule has 3 aromatic rings. The van der Waals surface area contributed by atoms with Crippen LogP contribution in [0.4, 0.5) is 0 Å². The Kier molecular flexibility index (Phi) is 7.35. The number of carbonyl (C=O) groups excluding carboxylic acids is 2. The van der Waals surface area contributed by atoms with Crippen molar-refractivity contribution in [2.75, 3.05) is 12.4 Å². The Bertz CT molecular complexity index is 1080. The molecule has 3 aromatic carbocycles. The molecule has 4 rings (SSSR count). The molecule has 1 heterocycles. The molecule has 5 nitrogen and oxygen atoms in total. The van der Waals surface area contributed by atoms with E-state index in [-0.39, 0.29) is 23.2 Å². The molecule has 0 bridgehead atoms. The third-order valence-electron chi connectivity index (χ3n) is 5.66. The van der Waals surface area contributed by atoms with Crippen molar-refractivity contribution in [3.63, 3.8) is 0 Å². The molecule has 0 aliphatic carbocycles. The average Bonchev–Trinajstić information content (AvgIpc) is 3.20. The van der Waals surface area contributed by atoms with E-state index in [1.54, 1.807) is 11.8 Å². The Balaban J connectivity index is 1.40. The van der Waals surface area contributed by atoms with Crippen LogP contribution in [0.15, 0.2) is 78.9 Å². The van der Waals surface area contributed by atoms with Crippen LogP contribution in [-0.2, 0) is 11.3 Å². The fourth-order valence-corrected chi connectivity index (χ4v) is 5.05. The van der Waals surface area contributed by atoms with Crippen LogP contribution in [-0.4, -0.2) is 29.1 Å². The summed E-state index contributed by atoms with van der Waals surface area (Å²) in [5.41, 5.74) is 3.75. The molecule has 0 unspecified atom stereocenters. The first-order chi connectivity index (χ1) is 16.0. The van der Waals surface area contributed by atoms with Gasteiger partial charge in [0.1, 0.15) is 11.1 Å². The lowest BCUT2D eigenvalue weighted by Crippen LogP contribution is -2.28. The van der Waals surface area contributed by atoms with E-state index in [1.165, 1.54) is 0 Å². The van der Waals surface area contributed by atoms with E-state index in [4.69, 9.17) is 4.74 Å². The molecular formula is C27H28N2O3S. The number of nitrogens with one attached hydrogen (secondary N) is 1. The number of benzene rings is 3. The predicted molar refractivity (Wildman–Crippen MR) is 132 cm³/mol. The van der Waals surface area contributed by atoms with Crippen LogP contribution in [0.2, 0.25) is 0 Å². The van der Waals surface area contributed by atoms with Crippen LogP contribution in [0.3, 0.4) is 0 Å². The van der Waals surface area contributed by atoms with Gasteiger partial charge in [0.05, 0.1) is 18.4 Å². The Morgan fingerprint density at radius 1 is 1.06 bits per heavy atom. The first kappa shape index (κ1) is 22.9. The van der Waals surface area contributed by atoms with Gasteiger partial charge in [-0.05, 0) is 54.8 Å². The molecule has 0 radical (unpaired) electrons. The zero-order valence-corrected chi connectivity index (χ0v) is 19.7. The summed E-state index contributed by atoms with van der Waals surface area (Å²) in [7, 11) is 0. The van der Waals surface area contributed by atoms with Gasteiger partial charge in [0.15, 0.2) is 0 Å². The van der Waals surface area contributed by atoms with Crippen molar-refractivity contribution in [2.24, 2.45) is 0 Å². The molecule has 0 spiro atoms. The van der Waals surface area contributed by atoms with Gasteiger partial charge in [0, 0.05) is 12.1 Å². The summed E-state index contributed by atoms with van der Waals surface area (Å²) < 4.78 is 5.48. The molecule has 0 aromatic heterocycles. The highest BCUT2D eigenvalue weighted by molar-refractivity contribution is 8.00. The van der Waals surface area contributed by atoms with Crippen molar-refractivity contribution in [3.8, 4) is 5.75 Å². The molecule has 0 saturated carbocycles. The quantitative estimate of drug-likeness (QED) is 0.492. The maximum absolute atomic E-state index is 12.8. The number of thioether (sulfide) groups is 1. The molecule has 6 heteroatoms. The monoisotopic (exact) mass is 460 g/mol. The van der Waals surface area contributed by atoms with Crippen LogP contribution in [0.25, 0.3) is 0 Å². The maximum atomic E-state index is 12.8. The lowest BCUT2D eigenvalue weighted by Gasteiger charge is -2.24. The van der Waals surface area contributed by atoms with Crippen LogP contribution in [0, 0.1) is 0 Å². The molecule has 33 heavy (non-hydrogen) atoms. The van der Waals surface area contributed by atoms with Crippen molar-refractivity contribution in [2.45, 2.75) is 31.8 Å². The van der Waals surface area contributed by atoms with Gasteiger partial charge in [-0.1, -0.05) is 54.6 Å². The summed E-state index contributed by atoms with van der Waals surface area (Å²) in [4.78, 5) is 27.2. The van der Waals surface area contributed by atoms with E-state index in [9.17, 15) is 9.59 Å². The molecule has 1 aliphatic rings. The summed E-state index contributed by atoms with van der Waals surface area (Å²) in [6, 6.07) is 25.2. The molecule has 1 saturated heterocycles. The maximum Gasteiger partial charge on any atom is 0.251 e. The smallest absolute Gasteiger partial charge is 0.251 e. The zero-order valence-electron chi connectivity index (χ0n) is 18.9. The molecule has 1 N–H and O–H groups in total. The highest BCUT2D eigenvalue weighted by Gasteiger charge is 2.32. The van der Waals surface area contributed by atoms with Crippen molar-refractivity contribution in [3.05, 3.63) is 101 Å². The zero-order chi connectivity index (χ0) is 23.2. The van der Waals surface area contributed by atoms with E-state index < -0.39 is 0 Å². The van der Waals surface area contributed by atoms with E-state index in [1.807, 2.05) is 97.6 Å². The number of carbonyl (C=O) groups is 2. The normalized spacial score (nSPS) is 16.5. The van der Waals surface area contributed by atoms with Crippen LogP contribution < -0.4 is 10.1 Å². The summed E-state index contributed by atoms with van der Waals surface area (Å²) in [5.74, 6) is 1.30. The number of hydrogen-bond acceptors (Lipinski definition) is 4. The fourth-order valence-electron chi connectivity index (χ4n) is 3.86. The first-order valence-electron chi connectivity index (χ1n) is 11.1. The topological polar surface area (TPSA) is 58.6 Å². The molecular weight excluding hydrogens is 432 g/mol. The number of rotatable bonds is 8. The van der Waals surface area contributed by atoms with Crippen molar-refractivity contribution < 1.29 is 14.3 Å². The second-order valence-electron chi connectivity index (χ2n) is 7.99. The van der Waals surface area contributed by atoms with Crippen LogP contribution >= 0.6 is 11.8 Å². The predicted octanol–water partition coefficient (Wildman–Crippen LogP) is 5.35. The number of ether oxygens (including phenoxy) is 1. The number of nitrogens with zero attached hydrogens (tertiary/aromatic N) is 1. The third kappa shape index (κ3) is 5.57. The van der Waals surface area contributed by atoms with Crippen LogP contribution in [0.1, 0.15) is 52.3 Å². The van der Waals surface area contributed by atoms with E-state index in [0.29, 0.717) is 24.5 Å². The molecule has 1 aliphatic heterocycles. The molecule has 170 valence electrons. The Hall–Kier alpha value is -3.25. The Morgan fingerprint density at radius 2 is 1.76 bits per heavy atom. The second kappa shape index (κ2) is 10.6. The lowest BCUT2D eigenvalue weighted by molar-refractivity contribution is -0.128. The van der Waals surface area contributed by atoms with Gasteiger partial charge in [-0.15, -0.1) is 11.8 Å². The highest BCUT2D eigenvalue weighted by atomic mass is 32.2. The molecule has 2 amide bonds. The van der Waals surface area contributed by atoms with Crippen molar-refractivity contribution in [1.29, 1.82) is 0 Å². The van der Waals surface area contributed by atoms with E-state index >= 15 is 0 Å². The number of hydrogen-bond donors (Lipinski definition) is 1. The minimum atomic E-state index is -0.128. The van der Waals surface area contributed by atoms with Crippen molar-refractivity contribution >= 4 is 23.6 Å². The van der Waals surface area contributed by atoms with Gasteiger partial charge in [0.2, 0.25) is 5.91 Å². The highest BCUT2D eigenvalue weighted by Crippen LogP contribution is 2.39. The van der Waals surface area contributed by atoms with Gasteiger partial charge < -0.3 is 15.0 Å². The van der Waals surface area contributed by atoms with Gasteiger partial charge in [-0.2, -0.15) is 0 Å². The van der Waals surface area contributed by atoms with E-state index in [0.717, 1.165) is 22.4 Å². The van der Waals surface area contributed by atoms with Crippen LogP contribution in [0.5, 0.6) is 5.75 Å². The third-order valence-corrected chi connectivity index (χ3v) is 6.92. The van der Waals surface area contributed by atoms with E-state index in [2.05, 4.69) is 5.32 Å². The van der Waals surface area contributed by atoms with Gasteiger partial charge in [-0.25, -0.2) is 0 Å². The SMILES string of the molecule is CCOc1ccc([C@@H](C)NC(=O)c2ccc([C@@H]3SCC(=O)N3Cc3ccccc3)cc2)cc1. The summed E-state index contributed by atoms with van der Waals surface area (Å²) >= 11 is 1.62. The minimum absolute atomic E-state index is 0.0439. The van der Waals surface area contributed by atoms with Crippen molar-refractivity contribution in [1.82, 2.24) is 10.2 Å². The first-order valence-corrected chi connectivity index (χ1v) is 12.2. The molecule has 1 fully saturated rings. The van der Waals surface area contributed by atoms with Gasteiger partial charge in [-0.3, -0.25) is 9.59 Å². The van der Waals surface area contributed by atoms with Gasteiger partial charge in [0.25, 0.3) is 5.91 Å². The molecule has 2 atom stereocenters. The Labute approximate surface area is 199 Å². The summed E-state index contributed by atoms with van der Waals surface area (Å²) in [5, 5.41) is 3.01. The summed E-state index contributed by atoms with van der Waals surface area (Å²) in [6.07, 6.45) is 0. The average molecular weight is 461 g/mol. The standard InChI is InChI=1S/C27H28N2O3S/c1-3-32-24-15-13-21(14-16-24)19(2)28-26(31)22-9-11-23(12-10-22)27-29(25(30)18-33-27)17-20-7-5-4-6-8-20/h4-16,19,27H,3,17-18H2,1-2H3,(H,28,31)/t19-,27+/m1/s1. The largest absolute Gasteiger partial charge is 0.494 e. The fraction of sp³-hybridized carbons (Fsp3) is 0.259. The van der Waals surface area contributed by atoms with Gasteiger partial charge >= 0.3 is 0 Å². The Morgan fingerprint density at radius 3 is 2.42 bits per heavy atom. The second-order valence-corrected chi connectivity index (χ2v) is 9.06. The lowest BCUT2D eigenvalue weighted by atomic mass is 10.1. The minimum Gasteiger partial charge on any atom is -0.494 e. The number of amides is 2.